The average molecular weight is 175 g/mol. The number of aromatic nitrogens is 1. The predicted molar refractivity (Wildman–Crippen MR) is 52.4 cm³/mol. The van der Waals surface area contributed by atoms with Crippen LogP contribution in [0, 0.1) is 11.3 Å². The highest BCUT2D eigenvalue weighted by molar-refractivity contribution is 5.36. The molecule has 1 rings (SSSR count). The molecule has 0 fully saturated rings. The summed E-state index contributed by atoms with van der Waals surface area (Å²) in [4.78, 5) is 6.25. The van der Waals surface area contributed by atoms with Crippen molar-refractivity contribution in [1.82, 2.24) is 4.98 Å². The first-order chi connectivity index (χ1) is 6.34. The Morgan fingerprint density at radius 1 is 1.54 bits per heavy atom. The minimum atomic E-state index is 0.608. The molecule has 1 aromatic heterocycles. The van der Waals surface area contributed by atoms with Crippen LogP contribution in [0.15, 0.2) is 24.4 Å². The summed E-state index contributed by atoms with van der Waals surface area (Å²) >= 11 is 0. The third-order valence-electron chi connectivity index (χ3n) is 1.82. The van der Waals surface area contributed by atoms with Crippen LogP contribution in [-0.2, 0) is 0 Å². The maximum atomic E-state index is 8.37. The van der Waals surface area contributed by atoms with Gasteiger partial charge in [-0.2, -0.15) is 5.26 Å². The Morgan fingerprint density at radius 2 is 2.38 bits per heavy atom. The standard InChI is InChI=1S/C10H13N3/c1-13(9-5-3-7-11)10-6-2-4-8-12-10/h2,4,6,8H,3,5,9H2,1H3. The van der Waals surface area contributed by atoms with Gasteiger partial charge in [0.1, 0.15) is 5.82 Å². The second kappa shape index (κ2) is 5.15. The minimum Gasteiger partial charge on any atom is -0.360 e. The average Bonchev–Trinajstić information content (AvgIpc) is 2.19. The zero-order valence-electron chi connectivity index (χ0n) is 7.77. The zero-order valence-corrected chi connectivity index (χ0v) is 7.77. The number of hydrogen-bond donors (Lipinski definition) is 0. The van der Waals surface area contributed by atoms with Gasteiger partial charge in [-0.25, -0.2) is 4.98 Å². The highest BCUT2D eigenvalue weighted by Gasteiger charge is 1.99. The van der Waals surface area contributed by atoms with Crippen LogP contribution in [0.1, 0.15) is 12.8 Å². The second-order valence-electron chi connectivity index (χ2n) is 2.87. The van der Waals surface area contributed by atoms with Crippen molar-refractivity contribution < 1.29 is 0 Å². The Kier molecular flexibility index (Phi) is 3.77. The van der Waals surface area contributed by atoms with Gasteiger partial charge < -0.3 is 4.90 Å². The molecule has 0 spiro atoms. The molecule has 1 heterocycles. The van der Waals surface area contributed by atoms with Gasteiger partial charge >= 0.3 is 0 Å². The molecule has 3 nitrogen and oxygen atoms in total. The topological polar surface area (TPSA) is 39.9 Å². The van der Waals surface area contributed by atoms with Crippen LogP contribution >= 0.6 is 0 Å². The van der Waals surface area contributed by atoms with Crippen LogP contribution in [0.25, 0.3) is 0 Å². The second-order valence-corrected chi connectivity index (χ2v) is 2.87. The molecule has 0 saturated heterocycles. The molecule has 0 amide bonds. The summed E-state index contributed by atoms with van der Waals surface area (Å²) < 4.78 is 0. The maximum absolute atomic E-state index is 8.37. The molecule has 0 N–H and O–H groups in total. The molecule has 1 aromatic rings. The van der Waals surface area contributed by atoms with Crippen LogP contribution in [0.3, 0.4) is 0 Å². The molecule has 0 radical (unpaired) electrons. The summed E-state index contributed by atoms with van der Waals surface area (Å²) in [7, 11) is 1.99. The van der Waals surface area contributed by atoms with Crippen molar-refractivity contribution in [3.05, 3.63) is 24.4 Å². The molecule has 0 bridgehead atoms. The van der Waals surface area contributed by atoms with Crippen molar-refractivity contribution in [3.8, 4) is 6.07 Å². The lowest BCUT2D eigenvalue weighted by Crippen LogP contribution is -2.19. The fourth-order valence-corrected chi connectivity index (χ4v) is 1.09. The quantitative estimate of drug-likeness (QED) is 0.655. The fraction of sp³-hybridized carbons (Fsp3) is 0.400. The minimum absolute atomic E-state index is 0.608. The molecule has 3 heteroatoms. The Balaban J connectivity index is 2.41. The number of unbranched alkanes of at least 4 members (excludes halogenated alkanes) is 1. The molecule has 0 saturated carbocycles. The van der Waals surface area contributed by atoms with Gasteiger partial charge in [0.15, 0.2) is 0 Å². The van der Waals surface area contributed by atoms with Gasteiger partial charge in [0.25, 0.3) is 0 Å². The van der Waals surface area contributed by atoms with Crippen LogP contribution in [0.4, 0.5) is 5.82 Å². The number of anilines is 1. The molecular weight excluding hydrogens is 162 g/mol. The summed E-state index contributed by atoms with van der Waals surface area (Å²) in [6.07, 6.45) is 3.27. The van der Waals surface area contributed by atoms with E-state index in [1.54, 1.807) is 6.20 Å². The third-order valence-corrected chi connectivity index (χ3v) is 1.82. The van der Waals surface area contributed by atoms with Gasteiger partial charge in [-0.05, 0) is 18.6 Å². The van der Waals surface area contributed by atoms with E-state index in [0.717, 1.165) is 18.8 Å². The smallest absolute Gasteiger partial charge is 0.128 e. The molecule has 0 aliphatic rings. The normalized spacial score (nSPS) is 9.23. The number of hydrogen-bond acceptors (Lipinski definition) is 3. The highest BCUT2D eigenvalue weighted by atomic mass is 15.2. The summed E-state index contributed by atoms with van der Waals surface area (Å²) in [6, 6.07) is 7.95. The molecule has 0 aliphatic carbocycles. The lowest BCUT2D eigenvalue weighted by Gasteiger charge is -2.16. The molecule has 0 unspecified atom stereocenters. The Morgan fingerprint density at radius 3 is 3.00 bits per heavy atom. The first-order valence-electron chi connectivity index (χ1n) is 4.33. The van der Waals surface area contributed by atoms with E-state index in [-0.39, 0.29) is 0 Å². The van der Waals surface area contributed by atoms with Crippen molar-refractivity contribution >= 4 is 5.82 Å². The molecule has 0 aromatic carbocycles. The van der Waals surface area contributed by atoms with Crippen molar-refractivity contribution in [2.75, 3.05) is 18.5 Å². The Labute approximate surface area is 78.6 Å². The van der Waals surface area contributed by atoms with E-state index >= 15 is 0 Å². The summed E-state index contributed by atoms with van der Waals surface area (Å²) in [5.41, 5.74) is 0. The largest absolute Gasteiger partial charge is 0.360 e. The van der Waals surface area contributed by atoms with Crippen LogP contribution < -0.4 is 4.90 Å². The molecule has 0 aliphatic heterocycles. The summed E-state index contributed by atoms with van der Waals surface area (Å²) in [6.45, 7) is 0.880. The van der Waals surface area contributed by atoms with E-state index in [2.05, 4.69) is 16.0 Å². The van der Waals surface area contributed by atoms with Gasteiger partial charge in [0.05, 0.1) is 6.07 Å². The van der Waals surface area contributed by atoms with E-state index in [9.17, 15) is 0 Å². The van der Waals surface area contributed by atoms with E-state index in [0.29, 0.717) is 6.42 Å². The fourth-order valence-electron chi connectivity index (χ4n) is 1.09. The lowest BCUT2D eigenvalue weighted by molar-refractivity contribution is 0.796. The first-order valence-corrected chi connectivity index (χ1v) is 4.33. The van der Waals surface area contributed by atoms with E-state index < -0.39 is 0 Å². The Bertz CT molecular complexity index is 276. The van der Waals surface area contributed by atoms with E-state index in [1.165, 1.54) is 0 Å². The highest BCUT2D eigenvalue weighted by Crippen LogP contribution is 2.06. The molecule has 13 heavy (non-hydrogen) atoms. The molecule has 0 atom stereocenters. The van der Waals surface area contributed by atoms with Gasteiger partial charge in [0, 0.05) is 26.2 Å². The Hall–Kier alpha value is -1.56. The number of nitrogens with zero attached hydrogens (tertiary/aromatic N) is 3. The van der Waals surface area contributed by atoms with Crippen molar-refractivity contribution in [3.63, 3.8) is 0 Å². The number of nitriles is 1. The first kappa shape index (κ1) is 9.53. The summed E-state index contributed by atoms with van der Waals surface area (Å²) in [5.74, 6) is 0.959. The van der Waals surface area contributed by atoms with Gasteiger partial charge in [-0.15, -0.1) is 0 Å². The van der Waals surface area contributed by atoms with Gasteiger partial charge in [0.2, 0.25) is 0 Å². The zero-order chi connectivity index (χ0) is 9.52. The molecular formula is C10H13N3. The number of pyridine rings is 1. The van der Waals surface area contributed by atoms with E-state index in [4.69, 9.17) is 5.26 Å². The SMILES string of the molecule is CN(CCCC#N)c1ccccn1. The van der Waals surface area contributed by atoms with Crippen LogP contribution in [-0.4, -0.2) is 18.6 Å². The van der Waals surface area contributed by atoms with Crippen molar-refractivity contribution in [2.24, 2.45) is 0 Å². The molecule has 68 valence electrons. The van der Waals surface area contributed by atoms with Crippen LogP contribution in [0.5, 0.6) is 0 Å². The van der Waals surface area contributed by atoms with Crippen molar-refractivity contribution in [2.45, 2.75) is 12.8 Å². The third kappa shape index (κ3) is 3.12. The van der Waals surface area contributed by atoms with E-state index in [1.807, 2.05) is 25.2 Å². The van der Waals surface area contributed by atoms with Gasteiger partial charge in [-0.3, -0.25) is 0 Å². The summed E-state index contributed by atoms with van der Waals surface area (Å²) in [5, 5.41) is 8.37. The predicted octanol–water partition coefficient (Wildman–Crippen LogP) is 1.82. The number of rotatable bonds is 4. The lowest BCUT2D eigenvalue weighted by atomic mass is 10.3. The monoisotopic (exact) mass is 175 g/mol. The maximum Gasteiger partial charge on any atom is 0.128 e. The van der Waals surface area contributed by atoms with Gasteiger partial charge in [-0.1, -0.05) is 6.07 Å². The van der Waals surface area contributed by atoms with Crippen LogP contribution in [0.2, 0.25) is 0 Å². The van der Waals surface area contributed by atoms with Crippen molar-refractivity contribution in [1.29, 1.82) is 5.26 Å².